The number of nitriles is 1. The molecule has 1 spiro atoms. The third-order valence-corrected chi connectivity index (χ3v) is 6.91. The molecule has 1 aromatic rings. The van der Waals surface area contributed by atoms with Crippen LogP contribution in [0.4, 0.5) is 0 Å². The zero-order valence-electron chi connectivity index (χ0n) is 9.09. The molecule has 1 nitrogen and oxygen atoms in total. The molecular formula is C13H12INS. The van der Waals surface area contributed by atoms with E-state index in [-0.39, 0.29) is 4.75 Å². The van der Waals surface area contributed by atoms with Gasteiger partial charge in [0, 0.05) is 0 Å². The van der Waals surface area contributed by atoms with Crippen LogP contribution in [0.5, 0.6) is 0 Å². The summed E-state index contributed by atoms with van der Waals surface area (Å²) in [6, 6.07) is 9.17. The highest BCUT2D eigenvalue weighted by Crippen LogP contribution is 2.66. The SMILES string of the molecule is Cc1ccc2c(c1)C1(CC1)CC2(C#N)SI. The molecule has 0 N–H and O–H groups in total. The number of aryl methyl sites for hydroxylation is 1. The molecular weight excluding hydrogens is 329 g/mol. The van der Waals surface area contributed by atoms with Gasteiger partial charge in [0.25, 0.3) is 0 Å². The molecule has 0 aliphatic heterocycles. The third-order valence-electron chi connectivity index (χ3n) is 3.93. The monoisotopic (exact) mass is 341 g/mol. The van der Waals surface area contributed by atoms with Crippen LogP contribution in [0.25, 0.3) is 0 Å². The first-order valence-electron chi connectivity index (χ1n) is 5.48. The standard InChI is InChI=1S/C13H12INS/c1-9-2-3-10-11(6-9)12(4-5-12)7-13(10,8-15)16-14/h2-3,6H,4-5,7H2,1H3. The Balaban J connectivity index is 2.24. The van der Waals surface area contributed by atoms with Gasteiger partial charge < -0.3 is 0 Å². The van der Waals surface area contributed by atoms with Gasteiger partial charge in [0.1, 0.15) is 4.75 Å². The van der Waals surface area contributed by atoms with Crippen molar-refractivity contribution in [1.29, 1.82) is 5.26 Å². The van der Waals surface area contributed by atoms with E-state index in [2.05, 4.69) is 52.4 Å². The van der Waals surface area contributed by atoms with Gasteiger partial charge in [-0.05, 0) is 63.9 Å². The molecule has 1 saturated carbocycles. The molecule has 0 aromatic heterocycles. The van der Waals surface area contributed by atoms with Gasteiger partial charge in [-0.3, -0.25) is 0 Å². The van der Waals surface area contributed by atoms with Crippen LogP contribution in [0.1, 0.15) is 36.0 Å². The van der Waals surface area contributed by atoms with Crippen LogP contribution >= 0.6 is 30.1 Å². The average Bonchev–Trinajstić information content (AvgIpc) is 3.01. The lowest BCUT2D eigenvalue weighted by molar-refractivity contribution is 0.622. The third kappa shape index (κ3) is 1.29. The van der Waals surface area contributed by atoms with E-state index in [1.807, 2.05) is 0 Å². The number of benzene rings is 1. The molecule has 0 bridgehead atoms. The lowest BCUT2D eigenvalue weighted by Gasteiger charge is -2.18. The highest BCUT2D eigenvalue weighted by atomic mass is 127. The minimum absolute atomic E-state index is 0.292. The van der Waals surface area contributed by atoms with Gasteiger partial charge >= 0.3 is 0 Å². The molecule has 1 fully saturated rings. The van der Waals surface area contributed by atoms with Crippen molar-refractivity contribution in [3.63, 3.8) is 0 Å². The van der Waals surface area contributed by atoms with Gasteiger partial charge in [-0.15, -0.1) is 0 Å². The summed E-state index contributed by atoms with van der Waals surface area (Å²) >= 11 is 2.29. The predicted octanol–water partition coefficient (Wildman–Crippen LogP) is 4.23. The van der Waals surface area contributed by atoms with E-state index >= 15 is 0 Å². The predicted molar refractivity (Wildman–Crippen MR) is 75.6 cm³/mol. The van der Waals surface area contributed by atoms with Crippen molar-refractivity contribution in [2.75, 3.05) is 0 Å². The van der Waals surface area contributed by atoms with E-state index < -0.39 is 0 Å². The molecule has 0 radical (unpaired) electrons. The minimum Gasteiger partial charge on any atom is -0.196 e. The van der Waals surface area contributed by atoms with Crippen LogP contribution in [-0.2, 0) is 10.2 Å². The molecule has 2 aliphatic carbocycles. The Morgan fingerprint density at radius 3 is 2.69 bits per heavy atom. The molecule has 82 valence electrons. The highest BCUT2D eigenvalue weighted by molar-refractivity contribution is 14.2. The fourth-order valence-corrected chi connectivity index (χ4v) is 5.00. The largest absolute Gasteiger partial charge is 0.196 e. The van der Waals surface area contributed by atoms with Gasteiger partial charge in [0.2, 0.25) is 0 Å². The Labute approximate surface area is 112 Å². The summed E-state index contributed by atoms with van der Waals surface area (Å²) in [6.45, 7) is 2.14. The summed E-state index contributed by atoms with van der Waals surface area (Å²) in [4.78, 5) is 0. The van der Waals surface area contributed by atoms with Gasteiger partial charge in [0.05, 0.1) is 6.07 Å². The van der Waals surface area contributed by atoms with E-state index in [9.17, 15) is 5.26 Å². The quantitative estimate of drug-likeness (QED) is 0.714. The topological polar surface area (TPSA) is 23.8 Å². The molecule has 1 atom stereocenters. The number of nitrogens with zero attached hydrogens (tertiary/aromatic N) is 1. The van der Waals surface area contributed by atoms with Crippen LogP contribution in [-0.4, -0.2) is 0 Å². The molecule has 1 aromatic carbocycles. The van der Waals surface area contributed by atoms with Crippen molar-refractivity contribution in [3.8, 4) is 6.07 Å². The summed E-state index contributed by atoms with van der Waals surface area (Å²) in [7, 11) is 1.68. The van der Waals surface area contributed by atoms with Crippen molar-refractivity contribution in [2.24, 2.45) is 0 Å². The van der Waals surface area contributed by atoms with Crippen molar-refractivity contribution < 1.29 is 0 Å². The normalized spacial score (nSPS) is 28.8. The first-order chi connectivity index (χ1) is 7.66. The van der Waals surface area contributed by atoms with E-state index in [1.54, 1.807) is 8.93 Å². The lowest BCUT2D eigenvalue weighted by Crippen LogP contribution is -2.14. The van der Waals surface area contributed by atoms with Crippen molar-refractivity contribution in [3.05, 3.63) is 34.9 Å². The zero-order chi connectivity index (χ0) is 11.4. The van der Waals surface area contributed by atoms with Crippen molar-refractivity contribution in [2.45, 2.75) is 36.3 Å². The highest BCUT2D eigenvalue weighted by Gasteiger charge is 2.58. The molecule has 1 unspecified atom stereocenters. The molecule has 16 heavy (non-hydrogen) atoms. The Morgan fingerprint density at radius 1 is 1.38 bits per heavy atom. The van der Waals surface area contributed by atoms with E-state index in [0.29, 0.717) is 5.41 Å². The Hall–Kier alpha value is -0.210. The fraction of sp³-hybridized carbons (Fsp3) is 0.462. The second-order valence-electron chi connectivity index (χ2n) is 5.02. The van der Waals surface area contributed by atoms with Gasteiger partial charge in [-0.25, -0.2) is 0 Å². The van der Waals surface area contributed by atoms with E-state index in [4.69, 9.17) is 0 Å². The van der Waals surface area contributed by atoms with E-state index in [0.717, 1.165) is 6.42 Å². The van der Waals surface area contributed by atoms with Crippen molar-refractivity contribution in [1.82, 2.24) is 0 Å². The molecule has 3 heteroatoms. The number of halogens is 1. The minimum atomic E-state index is -0.292. The van der Waals surface area contributed by atoms with Crippen molar-refractivity contribution >= 4 is 30.1 Å². The van der Waals surface area contributed by atoms with Gasteiger partial charge in [-0.1, -0.05) is 32.7 Å². The lowest BCUT2D eigenvalue weighted by atomic mass is 9.97. The maximum absolute atomic E-state index is 9.52. The number of hydrogen-bond acceptors (Lipinski definition) is 2. The molecule has 0 saturated heterocycles. The van der Waals surface area contributed by atoms with Crippen LogP contribution in [0.3, 0.4) is 0 Å². The summed E-state index contributed by atoms with van der Waals surface area (Å²) < 4.78 is -0.292. The first kappa shape index (κ1) is 10.9. The summed E-state index contributed by atoms with van der Waals surface area (Å²) in [5.41, 5.74) is 4.41. The Morgan fingerprint density at radius 2 is 2.12 bits per heavy atom. The maximum atomic E-state index is 9.52. The smallest absolute Gasteiger partial charge is 0.138 e. The second kappa shape index (κ2) is 3.39. The molecule has 3 rings (SSSR count). The van der Waals surface area contributed by atoms with Crippen LogP contribution < -0.4 is 0 Å². The molecule has 0 heterocycles. The summed E-state index contributed by atoms with van der Waals surface area (Å²) in [5.74, 6) is 0. The fourth-order valence-electron chi connectivity index (χ4n) is 2.90. The van der Waals surface area contributed by atoms with Crippen LogP contribution in [0, 0.1) is 18.3 Å². The Kier molecular flexibility index (Phi) is 2.31. The second-order valence-corrected chi connectivity index (χ2v) is 7.19. The maximum Gasteiger partial charge on any atom is 0.138 e. The van der Waals surface area contributed by atoms with Crippen LogP contribution in [0.15, 0.2) is 18.2 Å². The Bertz CT molecular complexity index is 501. The van der Waals surface area contributed by atoms with E-state index in [1.165, 1.54) is 29.5 Å². The number of hydrogen-bond donors (Lipinski definition) is 0. The number of fused-ring (bicyclic) bond motifs is 2. The molecule has 0 amide bonds. The zero-order valence-corrected chi connectivity index (χ0v) is 12.1. The first-order valence-corrected chi connectivity index (χ1v) is 8.84. The molecule has 2 aliphatic rings. The van der Waals surface area contributed by atoms with Crippen LogP contribution in [0.2, 0.25) is 0 Å². The van der Waals surface area contributed by atoms with Gasteiger partial charge in [-0.2, -0.15) is 5.26 Å². The average molecular weight is 341 g/mol. The summed E-state index contributed by atoms with van der Waals surface area (Å²) in [6.07, 6.45) is 3.55. The van der Waals surface area contributed by atoms with Gasteiger partial charge in [0.15, 0.2) is 0 Å². The number of rotatable bonds is 1. The summed E-state index contributed by atoms with van der Waals surface area (Å²) in [5, 5.41) is 9.52.